The minimum Gasteiger partial charge on any atom is -0.398 e. The van der Waals surface area contributed by atoms with Gasteiger partial charge in [0.2, 0.25) is 0 Å². The third kappa shape index (κ3) is 2.29. The van der Waals surface area contributed by atoms with Gasteiger partial charge in [0.25, 0.3) is 0 Å². The zero-order chi connectivity index (χ0) is 12.5. The first-order valence-electron chi connectivity index (χ1n) is 6.38. The number of hydrogen-bond acceptors (Lipinski definition) is 3. The van der Waals surface area contributed by atoms with Crippen LogP contribution in [0.2, 0.25) is 0 Å². The maximum atomic E-state index is 6.03. The average molecular weight is 233 g/mol. The fraction of sp³-hybridized carbons (Fsp3) is 0.643. The van der Waals surface area contributed by atoms with Gasteiger partial charge in [0.15, 0.2) is 0 Å². The van der Waals surface area contributed by atoms with Crippen molar-refractivity contribution >= 4 is 5.69 Å². The van der Waals surface area contributed by atoms with Crippen molar-refractivity contribution in [3.63, 3.8) is 0 Å². The predicted molar refractivity (Wildman–Crippen MR) is 71.8 cm³/mol. The molecule has 3 heteroatoms. The molecule has 94 valence electrons. The Balaban J connectivity index is 2.28. The van der Waals surface area contributed by atoms with Crippen molar-refractivity contribution in [3.8, 4) is 0 Å². The molecule has 0 spiro atoms. The van der Waals surface area contributed by atoms with Gasteiger partial charge in [-0.2, -0.15) is 0 Å². The van der Waals surface area contributed by atoms with Crippen LogP contribution in [0.15, 0.2) is 18.5 Å². The second-order valence-corrected chi connectivity index (χ2v) is 6.11. The van der Waals surface area contributed by atoms with E-state index in [9.17, 15) is 0 Å². The molecule has 17 heavy (non-hydrogen) atoms. The summed E-state index contributed by atoms with van der Waals surface area (Å²) in [6.07, 6.45) is 7.09. The van der Waals surface area contributed by atoms with Crippen molar-refractivity contribution in [2.75, 3.05) is 12.3 Å². The molecule has 2 rings (SSSR count). The molecule has 0 aromatic carbocycles. The predicted octanol–water partition coefficient (Wildman–Crippen LogP) is 2.37. The Bertz CT molecular complexity index is 387. The lowest BCUT2D eigenvalue weighted by atomic mass is 9.69. The summed E-state index contributed by atoms with van der Waals surface area (Å²) in [5.74, 6) is 0. The molecule has 1 atom stereocenters. The number of nitrogens with zero attached hydrogens (tertiary/aromatic N) is 1. The van der Waals surface area contributed by atoms with E-state index >= 15 is 0 Å². The van der Waals surface area contributed by atoms with Crippen LogP contribution in [0.3, 0.4) is 0 Å². The van der Waals surface area contributed by atoms with Gasteiger partial charge in [-0.15, -0.1) is 0 Å². The van der Waals surface area contributed by atoms with Crippen molar-refractivity contribution in [3.05, 3.63) is 24.0 Å². The molecular formula is C14H23N3. The van der Waals surface area contributed by atoms with Gasteiger partial charge in [0, 0.05) is 23.6 Å². The van der Waals surface area contributed by atoms with Crippen LogP contribution >= 0.6 is 0 Å². The first-order chi connectivity index (χ1) is 7.95. The smallest absolute Gasteiger partial charge is 0.0378 e. The number of rotatable bonds is 2. The largest absolute Gasteiger partial charge is 0.398 e. The van der Waals surface area contributed by atoms with Crippen LogP contribution < -0.4 is 11.1 Å². The van der Waals surface area contributed by atoms with Crippen LogP contribution in [0.1, 0.15) is 39.2 Å². The molecule has 0 bridgehead atoms. The summed E-state index contributed by atoms with van der Waals surface area (Å²) in [5.41, 5.74) is 8.44. The molecule has 1 unspecified atom stereocenters. The molecule has 1 aromatic rings. The quantitative estimate of drug-likeness (QED) is 0.824. The minimum atomic E-state index is 0.157. The number of nitrogens with two attached hydrogens (primary N) is 1. The van der Waals surface area contributed by atoms with Crippen LogP contribution in [-0.2, 0) is 6.42 Å². The Morgan fingerprint density at radius 3 is 2.76 bits per heavy atom. The molecular weight excluding hydrogens is 210 g/mol. The average Bonchev–Trinajstić information content (AvgIpc) is 2.70. The van der Waals surface area contributed by atoms with Crippen LogP contribution in [0.5, 0.6) is 0 Å². The van der Waals surface area contributed by atoms with Gasteiger partial charge in [-0.25, -0.2) is 0 Å². The van der Waals surface area contributed by atoms with E-state index < -0.39 is 0 Å². The molecule has 1 aliphatic heterocycles. The maximum absolute atomic E-state index is 6.03. The van der Waals surface area contributed by atoms with Gasteiger partial charge in [0.1, 0.15) is 0 Å². The molecule has 1 aromatic heterocycles. The lowest BCUT2D eigenvalue weighted by Crippen LogP contribution is -2.52. The van der Waals surface area contributed by atoms with Gasteiger partial charge in [-0.1, -0.05) is 20.8 Å². The number of pyridine rings is 1. The first-order valence-corrected chi connectivity index (χ1v) is 6.38. The van der Waals surface area contributed by atoms with Gasteiger partial charge >= 0.3 is 0 Å². The molecule has 1 fully saturated rings. The maximum Gasteiger partial charge on any atom is 0.0378 e. The molecule has 3 nitrogen and oxygen atoms in total. The van der Waals surface area contributed by atoms with Crippen molar-refractivity contribution in [2.45, 2.75) is 45.6 Å². The van der Waals surface area contributed by atoms with E-state index in [0.29, 0.717) is 0 Å². The molecule has 0 aliphatic carbocycles. The zero-order valence-corrected chi connectivity index (χ0v) is 11.1. The van der Waals surface area contributed by atoms with Gasteiger partial charge < -0.3 is 11.1 Å². The molecule has 1 saturated heterocycles. The van der Waals surface area contributed by atoms with E-state index in [-0.39, 0.29) is 11.0 Å². The molecule has 0 saturated carbocycles. The number of anilines is 1. The molecule has 0 radical (unpaired) electrons. The van der Waals surface area contributed by atoms with Crippen molar-refractivity contribution in [1.82, 2.24) is 10.3 Å². The van der Waals surface area contributed by atoms with Crippen LogP contribution in [0.4, 0.5) is 5.69 Å². The Kier molecular flexibility index (Phi) is 3.13. The molecule has 2 heterocycles. The normalized spacial score (nSPS) is 25.1. The second-order valence-electron chi connectivity index (χ2n) is 6.11. The summed E-state index contributed by atoms with van der Waals surface area (Å²) in [5, 5.41) is 3.70. The van der Waals surface area contributed by atoms with Crippen LogP contribution in [0, 0.1) is 5.41 Å². The number of aromatic nitrogens is 1. The summed E-state index contributed by atoms with van der Waals surface area (Å²) in [6, 6.07) is 1.89. The Labute approximate surface area is 104 Å². The fourth-order valence-electron chi connectivity index (χ4n) is 2.77. The third-order valence-corrected chi connectivity index (χ3v) is 4.11. The summed E-state index contributed by atoms with van der Waals surface area (Å²) < 4.78 is 0. The standard InChI is InChI=1S/C14H23N3/c1-13(2,3)14(6-4-7-17-14)9-11-10-16-8-5-12(11)15/h5,8,10,17H,4,6-7,9H2,1-3H3,(H2,15,16). The molecule has 3 N–H and O–H groups in total. The van der Waals surface area contributed by atoms with Gasteiger partial charge in [0.05, 0.1) is 0 Å². The summed E-state index contributed by atoms with van der Waals surface area (Å²) in [7, 11) is 0. The monoisotopic (exact) mass is 233 g/mol. The number of hydrogen-bond donors (Lipinski definition) is 2. The number of nitrogens with one attached hydrogen (secondary N) is 1. The highest BCUT2D eigenvalue weighted by atomic mass is 15.0. The summed E-state index contributed by atoms with van der Waals surface area (Å²) in [6.45, 7) is 8.02. The van der Waals surface area contributed by atoms with Crippen LogP contribution in [0.25, 0.3) is 0 Å². The van der Waals surface area contributed by atoms with E-state index in [1.54, 1.807) is 6.20 Å². The Hall–Kier alpha value is -1.09. The zero-order valence-electron chi connectivity index (χ0n) is 11.1. The number of nitrogen functional groups attached to an aromatic ring is 1. The van der Waals surface area contributed by atoms with E-state index in [4.69, 9.17) is 5.73 Å². The second kappa shape index (κ2) is 4.30. The minimum absolute atomic E-state index is 0.157. The SMILES string of the molecule is CC(C)(C)C1(Cc2cnccc2N)CCCN1. The van der Waals surface area contributed by atoms with E-state index in [0.717, 1.165) is 24.2 Å². The fourth-order valence-corrected chi connectivity index (χ4v) is 2.77. The lowest BCUT2D eigenvalue weighted by molar-refractivity contribution is 0.159. The lowest BCUT2D eigenvalue weighted by Gasteiger charge is -2.42. The van der Waals surface area contributed by atoms with Crippen molar-refractivity contribution < 1.29 is 0 Å². The van der Waals surface area contributed by atoms with Crippen molar-refractivity contribution in [1.29, 1.82) is 0 Å². The topological polar surface area (TPSA) is 50.9 Å². The molecule has 1 aliphatic rings. The first kappa shape index (κ1) is 12.4. The van der Waals surface area contributed by atoms with Gasteiger partial charge in [-0.05, 0) is 42.9 Å². The summed E-state index contributed by atoms with van der Waals surface area (Å²) >= 11 is 0. The molecule has 0 amide bonds. The van der Waals surface area contributed by atoms with E-state index in [1.807, 2.05) is 12.3 Å². The Morgan fingerprint density at radius 2 is 2.24 bits per heavy atom. The third-order valence-electron chi connectivity index (χ3n) is 4.11. The van der Waals surface area contributed by atoms with Crippen molar-refractivity contribution in [2.24, 2.45) is 5.41 Å². The van der Waals surface area contributed by atoms with Gasteiger partial charge in [-0.3, -0.25) is 4.98 Å². The highest BCUT2D eigenvalue weighted by Crippen LogP contribution is 2.40. The highest BCUT2D eigenvalue weighted by Gasteiger charge is 2.43. The van der Waals surface area contributed by atoms with E-state index in [1.165, 1.54) is 12.8 Å². The van der Waals surface area contributed by atoms with E-state index in [2.05, 4.69) is 31.1 Å². The highest BCUT2D eigenvalue weighted by molar-refractivity contribution is 5.45. The van der Waals surface area contributed by atoms with Crippen LogP contribution in [-0.4, -0.2) is 17.1 Å². The Morgan fingerprint density at radius 1 is 1.47 bits per heavy atom. The summed E-state index contributed by atoms with van der Waals surface area (Å²) in [4.78, 5) is 4.19.